The highest BCUT2D eigenvalue weighted by Crippen LogP contribution is 2.20. The van der Waals surface area contributed by atoms with Gasteiger partial charge >= 0.3 is 0 Å². The van der Waals surface area contributed by atoms with Gasteiger partial charge in [-0.1, -0.05) is 20.3 Å². The van der Waals surface area contributed by atoms with E-state index in [1.165, 1.54) is 58.2 Å². The second-order valence-electron chi connectivity index (χ2n) is 6.66. The van der Waals surface area contributed by atoms with Crippen LogP contribution in [0.15, 0.2) is 0 Å². The van der Waals surface area contributed by atoms with Crippen LogP contribution >= 0.6 is 0 Å². The van der Waals surface area contributed by atoms with Gasteiger partial charge in [-0.2, -0.15) is 0 Å². The smallest absolute Gasteiger partial charge is 0.0588 e. The first-order valence-electron chi connectivity index (χ1n) is 8.32. The van der Waals surface area contributed by atoms with Crippen molar-refractivity contribution in [1.82, 2.24) is 10.2 Å². The molecule has 2 saturated heterocycles. The van der Waals surface area contributed by atoms with Crippen LogP contribution in [0, 0.1) is 5.92 Å². The molecule has 0 aliphatic carbocycles. The molecule has 0 aromatic rings. The Morgan fingerprint density at radius 2 is 2.11 bits per heavy atom. The first kappa shape index (κ1) is 15.3. The summed E-state index contributed by atoms with van der Waals surface area (Å²) in [6.07, 6.45) is 8.49. The molecule has 0 bridgehead atoms. The standard InChI is InChI=1S/C16H32N2O/c1-14(2)12-17-13-15-6-3-4-9-18(15)10-8-16-7-5-11-19-16/h14-17H,3-13H2,1-2H3. The minimum atomic E-state index is 0.547. The molecule has 2 unspecified atom stereocenters. The fourth-order valence-corrected chi connectivity index (χ4v) is 3.31. The monoisotopic (exact) mass is 268 g/mol. The van der Waals surface area contributed by atoms with Crippen molar-refractivity contribution < 1.29 is 4.74 Å². The molecular weight excluding hydrogens is 236 g/mol. The number of piperidine rings is 1. The Kier molecular flexibility index (Phi) is 6.62. The molecule has 2 atom stereocenters. The van der Waals surface area contributed by atoms with Crippen LogP contribution < -0.4 is 5.32 Å². The molecule has 0 aromatic carbocycles. The second kappa shape index (κ2) is 8.23. The number of nitrogens with one attached hydrogen (secondary N) is 1. The summed E-state index contributed by atoms with van der Waals surface area (Å²) in [5.41, 5.74) is 0. The number of rotatable bonds is 7. The molecule has 0 radical (unpaired) electrons. The van der Waals surface area contributed by atoms with Crippen molar-refractivity contribution in [2.24, 2.45) is 5.92 Å². The third-order valence-corrected chi connectivity index (χ3v) is 4.44. The van der Waals surface area contributed by atoms with Crippen molar-refractivity contribution in [2.75, 3.05) is 32.8 Å². The van der Waals surface area contributed by atoms with Gasteiger partial charge in [-0.3, -0.25) is 4.90 Å². The van der Waals surface area contributed by atoms with E-state index in [1.54, 1.807) is 0 Å². The van der Waals surface area contributed by atoms with Gasteiger partial charge in [-0.05, 0) is 51.1 Å². The Morgan fingerprint density at radius 3 is 2.84 bits per heavy atom. The summed E-state index contributed by atoms with van der Waals surface area (Å²) in [6, 6.07) is 0.758. The average molecular weight is 268 g/mol. The Balaban J connectivity index is 1.68. The van der Waals surface area contributed by atoms with E-state index >= 15 is 0 Å². The zero-order valence-corrected chi connectivity index (χ0v) is 12.9. The lowest BCUT2D eigenvalue weighted by molar-refractivity contribution is 0.0750. The highest BCUT2D eigenvalue weighted by molar-refractivity contribution is 4.80. The van der Waals surface area contributed by atoms with E-state index < -0.39 is 0 Å². The van der Waals surface area contributed by atoms with E-state index in [-0.39, 0.29) is 0 Å². The molecule has 0 saturated carbocycles. The van der Waals surface area contributed by atoms with Crippen LogP contribution in [0.1, 0.15) is 52.4 Å². The minimum Gasteiger partial charge on any atom is -0.378 e. The van der Waals surface area contributed by atoms with E-state index in [2.05, 4.69) is 24.1 Å². The highest BCUT2D eigenvalue weighted by Gasteiger charge is 2.24. The molecule has 0 spiro atoms. The Bertz CT molecular complexity index is 239. The first-order valence-corrected chi connectivity index (χ1v) is 8.32. The van der Waals surface area contributed by atoms with Crippen molar-refractivity contribution in [3.05, 3.63) is 0 Å². The van der Waals surface area contributed by atoms with Crippen molar-refractivity contribution in [1.29, 1.82) is 0 Å². The van der Waals surface area contributed by atoms with Crippen LogP contribution in [0.2, 0.25) is 0 Å². The van der Waals surface area contributed by atoms with Crippen LogP contribution in [0.4, 0.5) is 0 Å². The van der Waals surface area contributed by atoms with Crippen LogP contribution in [0.3, 0.4) is 0 Å². The molecule has 0 amide bonds. The molecule has 1 N–H and O–H groups in total. The van der Waals surface area contributed by atoms with Gasteiger partial charge in [0, 0.05) is 25.7 Å². The summed E-state index contributed by atoms with van der Waals surface area (Å²) in [5, 5.41) is 3.64. The van der Waals surface area contributed by atoms with Gasteiger partial charge in [0.05, 0.1) is 6.10 Å². The van der Waals surface area contributed by atoms with E-state index in [4.69, 9.17) is 4.74 Å². The van der Waals surface area contributed by atoms with Gasteiger partial charge in [0.15, 0.2) is 0 Å². The molecule has 19 heavy (non-hydrogen) atoms. The largest absolute Gasteiger partial charge is 0.378 e. The number of likely N-dealkylation sites (tertiary alicyclic amines) is 1. The van der Waals surface area contributed by atoms with E-state index in [1.807, 2.05) is 0 Å². The number of hydrogen-bond donors (Lipinski definition) is 1. The molecule has 3 nitrogen and oxygen atoms in total. The van der Waals surface area contributed by atoms with Crippen LogP contribution in [0.25, 0.3) is 0 Å². The summed E-state index contributed by atoms with van der Waals surface area (Å²) >= 11 is 0. The van der Waals surface area contributed by atoms with Gasteiger partial charge in [0.25, 0.3) is 0 Å². The third-order valence-electron chi connectivity index (χ3n) is 4.44. The maximum atomic E-state index is 5.75. The predicted molar refractivity (Wildman–Crippen MR) is 80.5 cm³/mol. The Labute approximate surface area is 119 Å². The lowest BCUT2D eigenvalue weighted by atomic mass is 10.0. The van der Waals surface area contributed by atoms with Gasteiger partial charge < -0.3 is 10.1 Å². The molecule has 2 fully saturated rings. The molecule has 0 aromatic heterocycles. The van der Waals surface area contributed by atoms with Crippen molar-refractivity contribution in [2.45, 2.75) is 64.5 Å². The van der Waals surface area contributed by atoms with Gasteiger partial charge in [-0.25, -0.2) is 0 Å². The molecule has 2 aliphatic heterocycles. The molecule has 2 heterocycles. The molecule has 3 heteroatoms. The van der Waals surface area contributed by atoms with E-state index in [0.29, 0.717) is 6.10 Å². The minimum absolute atomic E-state index is 0.547. The van der Waals surface area contributed by atoms with Gasteiger partial charge in [0.1, 0.15) is 0 Å². The summed E-state index contributed by atoms with van der Waals surface area (Å²) in [7, 11) is 0. The zero-order chi connectivity index (χ0) is 13.5. The van der Waals surface area contributed by atoms with Crippen LogP contribution in [-0.4, -0.2) is 49.8 Å². The average Bonchev–Trinajstić information content (AvgIpc) is 2.90. The van der Waals surface area contributed by atoms with Crippen molar-refractivity contribution in [3.8, 4) is 0 Å². The lowest BCUT2D eigenvalue weighted by Crippen LogP contribution is -2.46. The Hall–Kier alpha value is -0.120. The van der Waals surface area contributed by atoms with Crippen molar-refractivity contribution in [3.63, 3.8) is 0 Å². The van der Waals surface area contributed by atoms with Gasteiger partial charge in [0.2, 0.25) is 0 Å². The lowest BCUT2D eigenvalue weighted by Gasteiger charge is -2.36. The Morgan fingerprint density at radius 1 is 1.21 bits per heavy atom. The molecular formula is C16H32N2O. The molecule has 2 aliphatic rings. The summed E-state index contributed by atoms with van der Waals surface area (Å²) in [5.74, 6) is 0.754. The summed E-state index contributed by atoms with van der Waals surface area (Å²) < 4.78 is 5.75. The first-order chi connectivity index (χ1) is 9.25. The summed E-state index contributed by atoms with van der Waals surface area (Å²) in [6.45, 7) is 10.4. The van der Waals surface area contributed by atoms with Gasteiger partial charge in [-0.15, -0.1) is 0 Å². The maximum absolute atomic E-state index is 5.75. The zero-order valence-electron chi connectivity index (χ0n) is 12.9. The number of ether oxygens (including phenoxy) is 1. The molecule has 2 rings (SSSR count). The summed E-state index contributed by atoms with van der Waals surface area (Å²) in [4.78, 5) is 2.71. The van der Waals surface area contributed by atoms with E-state index in [0.717, 1.165) is 25.1 Å². The quantitative estimate of drug-likeness (QED) is 0.768. The second-order valence-corrected chi connectivity index (χ2v) is 6.66. The van der Waals surface area contributed by atoms with Crippen LogP contribution in [-0.2, 0) is 4.74 Å². The third kappa shape index (κ3) is 5.41. The van der Waals surface area contributed by atoms with Crippen LogP contribution in [0.5, 0.6) is 0 Å². The van der Waals surface area contributed by atoms with E-state index in [9.17, 15) is 0 Å². The number of hydrogen-bond acceptors (Lipinski definition) is 3. The fourth-order valence-electron chi connectivity index (χ4n) is 3.31. The fraction of sp³-hybridized carbons (Fsp3) is 1.00. The topological polar surface area (TPSA) is 24.5 Å². The normalized spacial score (nSPS) is 29.2. The SMILES string of the molecule is CC(C)CNCC1CCCCN1CCC1CCCO1. The maximum Gasteiger partial charge on any atom is 0.0588 e. The predicted octanol–water partition coefficient (Wildman–Crippen LogP) is 2.66. The number of nitrogens with zero attached hydrogens (tertiary/aromatic N) is 1. The van der Waals surface area contributed by atoms with Crippen molar-refractivity contribution >= 4 is 0 Å². The molecule has 112 valence electrons. The highest BCUT2D eigenvalue weighted by atomic mass is 16.5.